The van der Waals surface area contributed by atoms with Gasteiger partial charge in [0.15, 0.2) is 0 Å². The molecule has 0 aliphatic heterocycles. The second-order valence-corrected chi connectivity index (χ2v) is 6.05. The molecule has 0 saturated heterocycles. The topological polar surface area (TPSA) is 46.9 Å². The molecule has 1 aromatic heterocycles. The highest BCUT2D eigenvalue weighted by Gasteiger charge is 2.21. The summed E-state index contributed by atoms with van der Waals surface area (Å²) in [6, 6.07) is 16.8. The zero-order valence-electron chi connectivity index (χ0n) is 13.3. The van der Waals surface area contributed by atoms with Crippen LogP contribution in [0.15, 0.2) is 67.0 Å². The first kappa shape index (κ1) is 16.3. The molecule has 0 saturated carbocycles. The smallest absolute Gasteiger partial charge is 0.225 e. The number of amides is 1. The Hall–Kier alpha value is -2.59. The highest BCUT2D eigenvalue weighted by molar-refractivity contribution is 6.30. The van der Waals surface area contributed by atoms with Crippen LogP contribution in [0.5, 0.6) is 0 Å². The lowest BCUT2D eigenvalue weighted by molar-refractivity contribution is -0.121. The predicted octanol–water partition coefficient (Wildman–Crippen LogP) is 3.52. The van der Waals surface area contributed by atoms with Gasteiger partial charge in [-0.05, 0) is 23.3 Å². The molecule has 2 aromatic carbocycles. The summed E-state index contributed by atoms with van der Waals surface area (Å²) in [4.78, 5) is 16.9. The van der Waals surface area contributed by atoms with Gasteiger partial charge in [-0.3, -0.25) is 4.79 Å². The molecule has 0 radical (unpaired) electrons. The molecule has 1 N–H and O–H groups in total. The second kappa shape index (κ2) is 7.32. The largest absolute Gasteiger partial charge is 0.342 e. The van der Waals surface area contributed by atoms with E-state index in [1.165, 1.54) is 0 Å². The van der Waals surface area contributed by atoms with Crippen LogP contribution in [0.3, 0.4) is 0 Å². The normalized spacial score (nSPS) is 11.9. The summed E-state index contributed by atoms with van der Waals surface area (Å²) in [7, 11) is 1.91. The van der Waals surface area contributed by atoms with E-state index in [2.05, 4.69) is 10.3 Å². The third-order valence-electron chi connectivity index (χ3n) is 3.81. The van der Waals surface area contributed by atoms with Crippen molar-refractivity contribution in [2.45, 2.75) is 12.5 Å². The fourth-order valence-corrected chi connectivity index (χ4v) is 2.83. The molecule has 0 spiro atoms. The SMILES string of the molecule is Cn1ccnc1C(NC(=O)Cc1ccccc1)c1cccc(Cl)c1. The van der Waals surface area contributed by atoms with Crippen LogP contribution < -0.4 is 5.32 Å². The Morgan fingerprint density at radius 3 is 2.67 bits per heavy atom. The molecule has 1 heterocycles. The monoisotopic (exact) mass is 339 g/mol. The van der Waals surface area contributed by atoms with Gasteiger partial charge >= 0.3 is 0 Å². The highest BCUT2D eigenvalue weighted by Crippen LogP contribution is 2.23. The third-order valence-corrected chi connectivity index (χ3v) is 4.05. The van der Waals surface area contributed by atoms with Crippen LogP contribution in [0.1, 0.15) is 23.0 Å². The van der Waals surface area contributed by atoms with Gasteiger partial charge in [0.05, 0.1) is 6.42 Å². The van der Waals surface area contributed by atoms with Crippen molar-refractivity contribution in [2.75, 3.05) is 0 Å². The zero-order valence-corrected chi connectivity index (χ0v) is 14.1. The van der Waals surface area contributed by atoms with Gasteiger partial charge in [-0.1, -0.05) is 54.1 Å². The van der Waals surface area contributed by atoms with Crippen LogP contribution in [-0.2, 0) is 18.3 Å². The molecule has 3 rings (SSSR count). The summed E-state index contributed by atoms with van der Waals surface area (Å²) >= 11 is 6.12. The van der Waals surface area contributed by atoms with Crippen LogP contribution in [0.2, 0.25) is 5.02 Å². The fraction of sp³-hybridized carbons (Fsp3) is 0.158. The maximum absolute atomic E-state index is 12.5. The number of rotatable bonds is 5. The van der Waals surface area contributed by atoms with Crippen molar-refractivity contribution in [3.05, 3.63) is 89.0 Å². The minimum absolute atomic E-state index is 0.0609. The summed E-state index contributed by atoms with van der Waals surface area (Å²) < 4.78 is 1.90. The molecule has 0 bridgehead atoms. The van der Waals surface area contributed by atoms with E-state index in [0.29, 0.717) is 11.4 Å². The highest BCUT2D eigenvalue weighted by atomic mass is 35.5. The van der Waals surface area contributed by atoms with E-state index in [4.69, 9.17) is 11.6 Å². The minimum atomic E-state index is -0.347. The standard InChI is InChI=1S/C19H18ClN3O/c1-23-11-10-21-19(23)18(15-8-5-9-16(20)13-15)22-17(24)12-14-6-3-2-4-7-14/h2-11,13,18H,12H2,1H3,(H,22,24). The molecule has 5 heteroatoms. The van der Waals surface area contributed by atoms with Crippen molar-refractivity contribution in [2.24, 2.45) is 7.05 Å². The number of benzene rings is 2. The van der Waals surface area contributed by atoms with Crippen molar-refractivity contribution < 1.29 is 4.79 Å². The molecule has 0 fully saturated rings. The van der Waals surface area contributed by atoms with Gasteiger partial charge in [-0.25, -0.2) is 4.98 Å². The first-order valence-electron chi connectivity index (χ1n) is 7.69. The van der Waals surface area contributed by atoms with E-state index in [9.17, 15) is 4.79 Å². The average molecular weight is 340 g/mol. The molecular formula is C19H18ClN3O. The molecule has 1 amide bonds. The fourth-order valence-electron chi connectivity index (χ4n) is 2.63. The predicted molar refractivity (Wildman–Crippen MR) is 94.8 cm³/mol. The summed E-state index contributed by atoms with van der Waals surface area (Å²) in [5.41, 5.74) is 1.87. The Bertz CT molecular complexity index is 829. The van der Waals surface area contributed by atoms with Crippen molar-refractivity contribution in [1.29, 1.82) is 0 Å². The summed E-state index contributed by atoms with van der Waals surface area (Å²) in [5.74, 6) is 0.702. The van der Waals surface area contributed by atoms with Gasteiger partial charge < -0.3 is 9.88 Å². The lowest BCUT2D eigenvalue weighted by atomic mass is 10.1. The first-order valence-corrected chi connectivity index (χ1v) is 8.07. The third kappa shape index (κ3) is 3.84. The maximum Gasteiger partial charge on any atom is 0.225 e. The number of carbonyl (C=O) groups excluding carboxylic acids is 1. The summed E-state index contributed by atoms with van der Waals surface area (Å²) in [6.07, 6.45) is 3.90. The average Bonchev–Trinajstić information content (AvgIpc) is 2.99. The lowest BCUT2D eigenvalue weighted by Gasteiger charge is -2.19. The van der Waals surface area contributed by atoms with Gasteiger partial charge in [0.2, 0.25) is 5.91 Å². The maximum atomic E-state index is 12.5. The van der Waals surface area contributed by atoms with Gasteiger partial charge in [0.25, 0.3) is 0 Å². The van der Waals surface area contributed by atoms with E-state index < -0.39 is 0 Å². The van der Waals surface area contributed by atoms with Crippen molar-refractivity contribution >= 4 is 17.5 Å². The number of imidazole rings is 1. The van der Waals surface area contributed by atoms with Crippen LogP contribution in [0.4, 0.5) is 0 Å². The van der Waals surface area contributed by atoms with E-state index in [1.54, 1.807) is 6.20 Å². The van der Waals surface area contributed by atoms with Crippen molar-refractivity contribution in [1.82, 2.24) is 14.9 Å². The lowest BCUT2D eigenvalue weighted by Crippen LogP contribution is -2.32. The minimum Gasteiger partial charge on any atom is -0.342 e. The van der Waals surface area contributed by atoms with Crippen molar-refractivity contribution in [3.8, 4) is 0 Å². The summed E-state index contributed by atoms with van der Waals surface area (Å²) in [6.45, 7) is 0. The number of carbonyl (C=O) groups is 1. The van der Waals surface area contributed by atoms with E-state index in [1.807, 2.05) is 72.4 Å². The quantitative estimate of drug-likeness (QED) is 0.773. The number of nitrogens with one attached hydrogen (secondary N) is 1. The Kier molecular flexibility index (Phi) is 4.96. The molecule has 0 aliphatic rings. The number of aryl methyl sites for hydroxylation is 1. The van der Waals surface area contributed by atoms with Crippen LogP contribution in [0, 0.1) is 0 Å². The molecule has 24 heavy (non-hydrogen) atoms. The zero-order chi connectivity index (χ0) is 16.9. The molecule has 0 aliphatic carbocycles. The Morgan fingerprint density at radius 2 is 2.00 bits per heavy atom. The van der Waals surface area contributed by atoms with E-state index in [0.717, 1.165) is 17.0 Å². The van der Waals surface area contributed by atoms with Gasteiger partial charge in [-0.15, -0.1) is 0 Å². The molecule has 122 valence electrons. The number of nitrogens with zero attached hydrogens (tertiary/aromatic N) is 2. The number of aromatic nitrogens is 2. The van der Waals surface area contributed by atoms with E-state index in [-0.39, 0.29) is 11.9 Å². The summed E-state index contributed by atoms with van der Waals surface area (Å²) in [5, 5.41) is 3.70. The van der Waals surface area contributed by atoms with Gasteiger partial charge in [0.1, 0.15) is 11.9 Å². The van der Waals surface area contributed by atoms with Crippen LogP contribution >= 0.6 is 11.6 Å². The van der Waals surface area contributed by atoms with Gasteiger partial charge in [-0.2, -0.15) is 0 Å². The van der Waals surface area contributed by atoms with Gasteiger partial charge in [0, 0.05) is 24.5 Å². The van der Waals surface area contributed by atoms with Crippen molar-refractivity contribution in [3.63, 3.8) is 0 Å². The Balaban J connectivity index is 1.85. The molecule has 3 aromatic rings. The second-order valence-electron chi connectivity index (χ2n) is 5.61. The number of hydrogen-bond donors (Lipinski definition) is 1. The molecular weight excluding hydrogens is 322 g/mol. The van der Waals surface area contributed by atoms with E-state index >= 15 is 0 Å². The first-order chi connectivity index (χ1) is 11.6. The Morgan fingerprint density at radius 1 is 1.21 bits per heavy atom. The molecule has 4 nitrogen and oxygen atoms in total. The van der Waals surface area contributed by atoms with Crippen LogP contribution in [0.25, 0.3) is 0 Å². The number of halogens is 1. The molecule has 1 atom stereocenters. The Labute approximate surface area is 146 Å². The molecule has 1 unspecified atom stereocenters. The number of hydrogen-bond acceptors (Lipinski definition) is 2. The van der Waals surface area contributed by atoms with Crippen LogP contribution in [-0.4, -0.2) is 15.5 Å².